The van der Waals surface area contributed by atoms with Crippen molar-refractivity contribution in [2.45, 2.75) is 26.4 Å². The molecule has 10 heteroatoms. The first kappa shape index (κ1) is 21.8. The Balaban J connectivity index is 2.09. The SMILES string of the molecule is CCn1[nH]c(=O)c(NC(C)c2ccco2)c(Nc2cccc(C(=O)N(C)C)c2O)c1=O. The third-order valence-electron chi connectivity index (χ3n) is 4.75. The maximum Gasteiger partial charge on any atom is 0.291 e. The second-order valence-electron chi connectivity index (χ2n) is 7.15. The molecule has 1 atom stereocenters. The van der Waals surface area contributed by atoms with E-state index in [9.17, 15) is 19.5 Å². The van der Waals surface area contributed by atoms with Gasteiger partial charge in [0.2, 0.25) is 0 Å². The number of nitrogens with zero attached hydrogens (tertiary/aromatic N) is 2. The monoisotopic (exact) mass is 427 g/mol. The van der Waals surface area contributed by atoms with Gasteiger partial charge in [-0.2, -0.15) is 0 Å². The molecule has 1 amide bonds. The maximum atomic E-state index is 13.0. The summed E-state index contributed by atoms with van der Waals surface area (Å²) < 4.78 is 6.52. The number of anilines is 3. The number of nitrogens with one attached hydrogen (secondary N) is 3. The number of phenolic OH excluding ortho intramolecular Hbond substituents is 1. The van der Waals surface area contributed by atoms with Gasteiger partial charge in [0.15, 0.2) is 5.75 Å². The number of aromatic amines is 1. The van der Waals surface area contributed by atoms with Crippen LogP contribution in [0.25, 0.3) is 0 Å². The molecule has 0 fully saturated rings. The third-order valence-corrected chi connectivity index (χ3v) is 4.75. The number of hydrogen-bond acceptors (Lipinski definition) is 7. The van der Waals surface area contributed by atoms with Crippen LogP contribution in [0.4, 0.5) is 17.1 Å². The summed E-state index contributed by atoms with van der Waals surface area (Å²) in [6, 6.07) is 7.61. The number of rotatable bonds is 7. The van der Waals surface area contributed by atoms with Gasteiger partial charge in [-0.1, -0.05) is 6.07 Å². The van der Waals surface area contributed by atoms with Crippen LogP contribution in [-0.4, -0.2) is 39.8 Å². The molecule has 3 aromatic rings. The normalized spacial score (nSPS) is 11.7. The number of hydrogen-bond donors (Lipinski definition) is 4. The lowest BCUT2D eigenvalue weighted by atomic mass is 10.1. The first-order valence-corrected chi connectivity index (χ1v) is 9.72. The Labute approximate surface area is 178 Å². The largest absolute Gasteiger partial charge is 0.505 e. The number of benzene rings is 1. The topological polar surface area (TPSA) is 133 Å². The first-order chi connectivity index (χ1) is 14.7. The lowest BCUT2D eigenvalue weighted by molar-refractivity contribution is 0.0824. The van der Waals surface area contributed by atoms with Gasteiger partial charge in [-0.05, 0) is 38.1 Å². The fraction of sp³-hybridized carbons (Fsp3) is 0.286. The van der Waals surface area contributed by atoms with E-state index >= 15 is 0 Å². The summed E-state index contributed by atoms with van der Waals surface area (Å²) >= 11 is 0. The number of aromatic hydroxyl groups is 1. The van der Waals surface area contributed by atoms with E-state index in [0.29, 0.717) is 5.76 Å². The summed E-state index contributed by atoms with van der Waals surface area (Å²) in [6.07, 6.45) is 1.51. The van der Waals surface area contributed by atoms with Crippen molar-refractivity contribution < 1.29 is 14.3 Å². The van der Waals surface area contributed by atoms with E-state index in [1.807, 2.05) is 0 Å². The number of para-hydroxylation sites is 1. The predicted octanol–water partition coefficient (Wildman–Crippen LogP) is 2.47. The van der Waals surface area contributed by atoms with E-state index in [1.165, 1.54) is 23.3 Å². The summed E-state index contributed by atoms with van der Waals surface area (Å²) in [5.41, 5.74) is -0.917. The van der Waals surface area contributed by atoms with Crippen LogP contribution < -0.4 is 21.8 Å². The van der Waals surface area contributed by atoms with Crippen LogP contribution in [0, 0.1) is 0 Å². The van der Waals surface area contributed by atoms with E-state index in [2.05, 4.69) is 15.7 Å². The van der Waals surface area contributed by atoms with Crippen LogP contribution in [-0.2, 0) is 6.54 Å². The highest BCUT2D eigenvalue weighted by atomic mass is 16.3. The molecule has 0 saturated heterocycles. The molecule has 0 radical (unpaired) electrons. The molecule has 4 N–H and O–H groups in total. The zero-order valence-electron chi connectivity index (χ0n) is 17.7. The third kappa shape index (κ3) is 4.32. The standard InChI is InChI=1S/C21H25N5O5/c1-5-26-21(30)17(16(19(28)24-26)22-12(2)15-10-7-11-31-15)23-14-9-6-8-13(18(14)27)20(29)25(3)4/h6-12,22-23,27H,5H2,1-4H3,(H,24,28). The van der Waals surface area contributed by atoms with Crippen molar-refractivity contribution in [2.75, 3.05) is 24.7 Å². The number of aromatic nitrogens is 2. The van der Waals surface area contributed by atoms with Crippen molar-refractivity contribution in [1.29, 1.82) is 0 Å². The molecule has 0 aliphatic heterocycles. The van der Waals surface area contributed by atoms with Crippen LogP contribution in [0.2, 0.25) is 0 Å². The molecule has 0 saturated carbocycles. The Morgan fingerprint density at radius 3 is 2.58 bits per heavy atom. The Kier molecular flexibility index (Phi) is 6.19. The van der Waals surface area contributed by atoms with Crippen LogP contribution in [0.5, 0.6) is 5.75 Å². The van der Waals surface area contributed by atoms with E-state index in [1.54, 1.807) is 46.1 Å². The summed E-state index contributed by atoms with van der Waals surface area (Å²) in [5.74, 6) is -0.150. The molecule has 2 aromatic heterocycles. The van der Waals surface area contributed by atoms with Crippen molar-refractivity contribution in [3.8, 4) is 5.75 Å². The lowest BCUT2D eigenvalue weighted by Crippen LogP contribution is -2.33. The van der Waals surface area contributed by atoms with E-state index in [0.717, 1.165) is 4.68 Å². The Hall–Kier alpha value is -3.95. The quantitative estimate of drug-likeness (QED) is 0.426. The van der Waals surface area contributed by atoms with E-state index in [4.69, 9.17) is 4.42 Å². The number of furan rings is 1. The molecule has 1 unspecified atom stereocenters. The van der Waals surface area contributed by atoms with Gasteiger partial charge in [-0.3, -0.25) is 19.5 Å². The van der Waals surface area contributed by atoms with Gasteiger partial charge in [-0.15, -0.1) is 0 Å². The second-order valence-corrected chi connectivity index (χ2v) is 7.15. The molecular formula is C21H25N5O5. The molecule has 0 aliphatic carbocycles. The zero-order chi connectivity index (χ0) is 22.7. The highest BCUT2D eigenvalue weighted by Gasteiger charge is 2.21. The van der Waals surface area contributed by atoms with E-state index < -0.39 is 23.1 Å². The number of aryl methyl sites for hydroxylation is 1. The minimum absolute atomic E-state index is 0.0117. The number of H-pyrrole nitrogens is 1. The van der Waals surface area contributed by atoms with Gasteiger partial charge in [-0.25, -0.2) is 4.68 Å². The molecule has 3 rings (SSSR count). The Morgan fingerprint density at radius 2 is 1.97 bits per heavy atom. The molecule has 0 spiro atoms. The van der Waals surface area contributed by atoms with Crippen molar-refractivity contribution in [1.82, 2.24) is 14.7 Å². The number of amides is 1. The lowest BCUT2D eigenvalue weighted by Gasteiger charge is -2.19. The summed E-state index contributed by atoms with van der Waals surface area (Å²) in [4.78, 5) is 39.4. The fourth-order valence-corrected chi connectivity index (χ4v) is 3.08. The molecule has 164 valence electrons. The van der Waals surface area contributed by atoms with Crippen LogP contribution in [0.3, 0.4) is 0 Å². The summed E-state index contributed by atoms with van der Waals surface area (Å²) in [5, 5.41) is 19.0. The number of phenols is 1. The van der Waals surface area contributed by atoms with Crippen molar-refractivity contribution >= 4 is 23.0 Å². The predicted molar refractivity (Wildman–Crippen MR) is 117 cm³/mol. The highest BCUT2D eigenvalue weighted by molar-refractivity contribution is 5.98. The molecule has 1 aromatic carbocycles. The molecule has 0 bridgehead atoms. The minimum Gasteiger partial charge on any atom is -0.505 e. The Morgan fingerprint density at radius 1 is 1.23 bits per heavy atom. The molecule has 2 heterocycles. The van der Waals surface area contributed by atoms with Crippen LogP contribution in [0.1, 0.15) is 36.0 Å². The number of carbonyl (C=O) groups excluding carboxylic acids is 1. The number of carbonyl (C=O) groups is 1. The van der Waals surface area contributed by atoms with Gasteiger partial charge < -0.3 is 25.1 Å². The zero-order valence-corrected chi connectivity index (χ0v) is 17.7. The average molecular weight is 427 g/mol. The van der Waals surface area contributed by atoms with Crippen LogP contribution in [0.15, 0.2) is 50.6 Å². The fourth-order valence-electron chi connectivity index (χ4n) is 3.08. The molecule has 10 nitrogen and oxygen atoms in total. The highest BCUT2D eigenvalue weighted by Crippen LogP contribution is 2.32. The van der Waals surface area contributed by atoms with Crippen LogP contribution >= 0.6 is 0 Å². The van der Waals surface area contributed by atoms with Gasteiger partial charge >= 0.3 is 0 Å². The van der Waals surface area contributed by atoms with Gasteiger partial charge in [0.05, 0.1) is 23.6 Å². The van der Waals surface area contributed by atoms with Gasteiger partial charge in [0.1, 0.15) is 17.1 Å². The molecule has 31 heavy (non-hydrogen) atoms. The van der Waals surface area contributed by atoms with Crippen molar-refractivity contribution in [3.05, 3.63) is 68.6 Å². The average Bonchev–Trinajstić information content (AvgIpc) is 3.28. The maximum absolute atomic E-state index is 13.0. The molecule has 0 aliphatic rings. The second kappa shape index (κ2) is 8.82. The van der Waals surface area contributed by atoms with Gasteiger partial charge in [0.25, 0.3) is 17.0 Å². The minimum atomic E-state index is -0.526. The first-order valence-electron chi connectivity index (χ1n) is 9.72. The summed E-state index contributed by atoms with van der Waals surface area (Å²) in [6.45, 7) is 3.73. The van der Waals surface area contributed by atoms with Crippen molar-refractivity contribution in [3.63, 3.8) is 0 Å². The smallest absolute Gasteiger partial charge is 0.291 e. The van der Waals surface area contributed by atoms with E-state index in [-0.39, 0.29) is 34.9 Å². The summed E-state index contributed by atoms with van der Waals surface area (Å²) in [7, 11) is 3.13. The van der Waals surface area contributed by atoms with Gasteiger partial charge in [0, 0.05) is 20.6 Å². The van der Waals surface area contributed by atoms with Crippen molar-refractivity contribution in [2.24, 2.45) is 0 Å². The Bertz CT molecular complexity index is 1190. The molecular weight excluding hydrogens is 402 g/mol.